The number of rotatable bonds is 2. The lowest BCUT2D eigenvalue weighted by Crippen LogP contribution is -2.42. The van der Waals surface area contributed by atoms with Crippen LogP contribution in [0.4, 0.5) is 11.4 Å². The standard InChI is InChI=1S/C21H12Cl2N2O4S/c22-9-5-6-13-11(7-9)21(20(29)24-13)8-14(26)25-16-15(10-3-1-2-4-12(10)23)17(19(27)28)30-18(16)21/h1-7H,8H2,(H,24,29)(H,25,26)(H,27,28)/t21-/m0/s1. The van der Waals surface area contributed by atoms with Gasteiger partial charge in [0, 0.05) is 26.9 Å². The van der Waals surface area contributed by atoms with Gasteiger partial charge in [0.15, 0.2) is 0 Å². The summed E-state index contributed by atoms with van der Waals surface area (Å²) in [6.07, 6.45) is -0.152. The number of fused-ring (bicyclic) bond motifs is 4. The van der Waals surface area contributed by atoms with E-state index >= 15 is 0 Å². The quantitative estimate of drug-likeness (QED) is 0.503. The number of carbonyl (C=O) groups is 3. The van der Waals surface area contributed by atoms with Gasteiger partial charge < -0.3 is 15.7 Å². The van der Waals surface area contributed by atoms with E-state index in [1.165, 1.54) is 0 Å². The van der Waals surface area contributed by atoms with E-state index < -0.39 is 17.3 Å². The van der Waals surface area contributed by atoms with E-state index in [1.807, 2.05) is 0 Å². The first-order valence-electron chi connectivity index (χ1n) is 8.89. The summed E-state index contributed by atoms with van der Waals surface area (Å²) < 4.78 is 0. The number of aromatic carboxylic acids is 1. The third-order valence-corrected chi connectivity index (χ3v) is 7.30. The molecule has 0 saturated heterocycles. The highest BCUT2D eigenvalue weighted by Gasteiger charge is 2.55. The molecule has 1 aromatic heterocycles. The molecule has 6 nitrogen and oxygen atoms in total. The van der Waals surface area contributed by atoms with Gasteiger partial charge in [-0.15, -0.1) is 11.3 Å². The van der Waals surface area contributed by atoms with E-state index in [9.17, 15) is 19.5 Å². The number of nitrogens with one attached hydrogen (secondary N) is 2. The molecule has 3 heterocycles. The molecular weight excluding hydrogens is 447 g/mol. The summed E-state index contributed by atoms with van der Waals surface area (Å²) in [4.78, 5) is 38.6. The number of amides is 2. The summed E-state index contributed by atoms with van der Waals surface area (Å²) in [6.45, 7) is 0. The molecule has 0 saturated carbocycles. The van der Waals surface area contributed by atoms with Gasteiger partial charge in [0.2, 0.25) is 11.8 Å². The van der Waals surface area contributed by atoms with Crippen molar-refractivity contribution in [1.82, 2.24) is 0 Å². The van der Waals surface area contributed by atoms with Crippen molar-refractivity contribution in [1.29, 1.82) is 0 Å². The molecular formula is C21H12Cl2N2O4S. The average Bonchev–Trinajstić information content (AvgIpc) is 3.20. The maximum atomic E-state index is 13.2. The average molecular weight is 459 g/mol. The van der Waals surface area contributed by atoms with Crippen molar-refractivity contribution in [2.45, 2.75) is 11.8 Å². The van der Waals surface area contributed by atoms with Gasteiger partial charge in [0.1, 0.15) is 10.3 Å². The van der Waals surface area contributed by atoms with Crippen LogP contribution >= 0.6 is 34.5 Å². The Morgan fingerprint density at radius 3 is 2.60 bits per heavy atom. The second kappa shape index (κ2) is 6.57. The minimum atomic E-state index is -1.35. The zero-order chi connectivity index (χ0) is 21.2. The minimum absolute atomic E-state index is 0.00190. The molecule has 2 aliphatic heterocycles. The molecule has 0 bridgehead atoms. The third-order valence-electron chi connectivity index (χ3n) is 5.40. The Morgan fingerprint density at radius 1 is 1.10 bits per heavy atom. The molecule has 0 radical (unpaired) electrons. The van der Waals surface area contributed by atoms with E-state index in [0.717, 1.165) is 11.3 Å². The highest BCUT2D eigenvalue weighted by atomic mass is 35.5. The van der Waals surface area contributed by atoms with E-state index in [1.54, 1.807) is 42.5 Å². The maximum absolute atomic E-state index is 13.2. The lowest BCUT2D eigenvalue weighted by Gasteiger charge is -2.31. The molecule has 9 heteroatoms. The van der Waals surface area contributed by atoms with E-state index in [2.05, 4.69) is 10.6 Å². The van der Waals surface area contributed by atoms with Crippen LogP contribution in [0, 0.1) is 0 Å². The zero-order valence-corrected chi connectivity index (χ0v) is 17.4. The predicted molar refractivity (Wildman–Crippen MR) is 116 cm³/mol. The molecule has 0 aliphatic carbocycles. The van der Waals surface area contributed by atoms with Crippen LogP contribution in [0.5, 0.6) is 0 Å². The van der Waals surface area contributed by atoms with Gasteiger partial charge in [-0.3, -0.25) is 9.59 Å². The highest BCUT2D eigenvalue weighted by molar-refractivity contribution is 7.15. The number of carboxylic acids is 1. The minimum Gasteiger partial charge on any atom is -0.477 e. The number of carboxylic acid groups (broad SMARTS) is 1. The van der Waals surface area contributed by atoms with Crippen LogP contribution in [0.15, 0.2) is 42.5 Å². The molecule has 0 fully saturated rings. The van der Waals surface area contributed by atoms with Crippen LogP contribution in [0.1, 0.15) is 26.5 Å². The monoisotopic (exact) mass is 458 g/mol. The van der Waals surface area contributed by atoms with Gasteiger partial charge in [-0.05, 0) is 29.8 Å². The first-order chi connectivity index (χ1) is 14.3. The summed E-state index contributed by atoms with van der Waals surface area (Å²) in [7, 11) is 0. The lowest BCUT2D eigenvalue weighted by atomic mass is 9.74. The van der Waals surface area contributed by atoms with Crippen molar-refractivity contribution in [3.8, 4) is 11.1 Å². The molecule has 1 atom stereocenters. The van der Waals surface area contributed by atoms with Crippen molar-refractivity contribution in [3.05, 3.63) is 67.8 Å². The molecule has 2 aromatic carbocycles. The van der Waals surface area contributed by atoms with Crippen LogP contribution in [-0.2, 0) is 15.0 Å². The SMILES string of the molecule is O=C1C[C@@]2(C(=O)Nc3ccc(Cl)cc32)c2sc(C(=O)O)c(-c3ccccc3Cl)c2N1. The normalized spacial score (nSPS) is 19.3. The summed E-state index contributed by atoms with van der Waals surface area (Å²) in [5.74, 6) is -1.95. The Balaban J connectivity index is 1.88. The smallest absolute Gasteiger partial charge is 0.346 e. The van der Waals surface area contributed by atoms with Crippen molar-refractivity contribution < 1.29 is 19.5 Å². The fourth-order valence-corrected chi connectivity index (χ4v) is 5.87. The second-order valence-electron chi connectivity index (χ2n) is 7.07. The van der Waals surface area contributed by atoms with Crippen LogP contribution in [0.25, 0.3) is 11.1 Å². The predicted octanol–water partition coefficient (Wildman–Crippen LogP) is 5.00. The largest absolute Gasteiger partial charge is 0.477 e. The molecule has 3 N–H and O–H groups in total. The van der Waals surface area contributed by atoms with Gasteiger partial charge >= 0.3 is 5.97 Å². The van der Waals surface area contributed by atoms with Gasteiger partial charge in [-0.1, -0.05) is 41.4 Å². The Bertz CT molecular complexity index is 1290. The molecule has 1 spiro atoms. The lowest BCUT2D eigenvalue weighted by molar-refractivity contribution is -0.125. The van der Waals surface area contributed by atoms with Crippen molar-refractivity contribution in [2.24, 2.45) is 0 Å². The Labute approximate surface area is 184 Å². The van der Waals surface area contributed by atoms with Crippen LogP contribution in [0.2, 0.25) is 10.0 Å². The van der Waals surface area contributed by atoms with Crippen LogP contribution < -0.4 is 10.6 Å². The summed E-state index contributed by atoms with van der Waals surface area (Å²) >= 11 is 13.5. The number of carbonyl (C=O) groups excluding carboxylic acids is 2. The van der Waals surface area contributed by atoms with Crippen LogP contribution in [-0.4, -0.2) is 22.9 Å². The zero-order valence-electron chi connectivity index (χ0n) is 15.1. The van der Waals surface area contributed by atoms with Gasteiger partial charge in [-0.2, -0.15) is 0 Å². The Hall–Kier alpha value is -2.87. The van der Waals surface area contributed by atoms with Crippen molar-refractivity contribution in [3.63, 3.8) is 0 Å². The summed E-state index contributed by atoms with van der Waals surface area (Å²) in [5.41, 5.74) is 0.811. The topological polar surface area (TPSA) is 95.5 Å². The van der Waals surface area contributed by atoms with Gasteiger partial charge in [-0.25, -0.2) is 4.79 Å². The molecule has 150 valence electrons. The molecule has 3 aromatic rings. The number of anilines is 2. The second-order valence-corrected chi connectivity index (χ2v) is 8.93. The number of thiophene rings is 1. The third kappa shape index (κ3) is 2.52. The van der Waals surface area contributed by atoms with E-state index in [0.29, 0.717) is 43.0 Å². The maximum Gasteiger partial charge on any atom is 0.346 e. The number of benzene rings is 2. The van der Waals surface area contributed by atoms with Crippen LogP contribution in [0.3, 0.4) is 0 Å². The van der Waals surface area contributed by atoms with E-state index in [4.69, 9.17) is 23.2 Å². The fourth-order valence-electron chi connectivity index (χ4n) is 4.16. The number of hydrogen-bond acceptors (Lipinski definition) is 4. The highest BCUT2D eigenvalue weighted by Crippen LogP contribution is 2.57. The fraction of sp³-hybridized carbons (Fsp3) is 0.0952. The molecule has 5 rings (SSSR count). The number of hydrogen-bond donors (Lipinski definition) is 3. The molecule has 2 aliphatic rings. The first-order valence-corrected chi connectivity index (χ1v) is 10.5. The number of halogens is 2. The molecule has 30 heavy (non-hydrogen) atoms. The Kier molecular flexibility index (Phi) is 4.18. The molecule has 2 amide bonds. The van der Waals surface area contributed by atoms with Crippen molar-refractivity contribution in [2.75, 3.05) is 10.6 Å². The Morgan fingerprint density at radius 2 is 1.87 bits per heavy atom. The molecule has 0 unspecified atom stereocenters. The summed E-state index contributed by atoms with van der Waals surface area (Å²) in [6, 6.07) is 11.8. The van der Waals surface area contributed by atoms with Gasteiger partial charge in [0.25, 0.3) is 0 Å². The van der Waals surface area contributed by atoms with Gasteiger partial charge in [0.05, 0.1) is 17.0 Å². The van der Waals surface area contributed by atoms with E-state index in [-0.39, 0.29) is 17.2 Å². The summed E-state index contributed by atoms with van der Waals surface area (Å²) in [5, 5.41) is 16.3. The van der Waals surface area contributed by atoms with Crippen molar-refractivity contribution >= 4 is 63.7 Å². The first kappa shape index (κ1) is 19.1.